The van der Waals surface area contributed by atoms with E-state index in [4.69, 9.17) is 14.6 Å². The molecule has 0 atom stereocenters. The van der Waals surface area contributed by atoms with Crippen molar-refractivity contribution in [2.24, 2.45) is 0 Å². The molecule has 1 fully saturated rings. The molecule has 3 heterocycles. The second-order valence-corrected chi connectivity index (χ2v) is 8.86. The van der Waals surface area contributed by atoms with E-state index >= 15 is 0 Å². The maximum Gasteiger partial charge on any atom is 0.247 e. The average Bonchev–Trinajstić information content (AvgIpc) is 3.49. The van der Waals surface area contributed by atoms with Crippen molar-refractivity contribution in [2.45, 2.75) is 32.8 Å². The van der Waals surface area contributed by atoms with Crippen LogP contribution in [0.3, 0.4) is 0 Å². The lowest BCUT2D eigenvalue weighted by Crippen LogP contribution is -2.25. The zero-order valence-corrected chi connectivity index (χ0v) is 19.8. The van der Waals surface area contributed by atoms with Crippen molar-refractivity contribution in [1.29, 1.82) is 0 Å². The Hall–Kier alpha value is -3.58. The van der Waals surface area contributed by atoms with E-state index in [0.717, 1.165) is 40.6 Å². The summed E-state index contributed by atoms with van der Waals surface area (Å²) >= 11 is 0. The second-order valence-electron chi connectivity index (χ2n) is 8.86. The lowest BCUT2D eigenvalue weighted by atomic mass is 10.1. The number of rotatable bonds is 9. The van der Waals surface area contributed by atoms with Crippen LogP contribution in [0.1, 0.15) is 26.7 Å². The molecule has 1 aliphatic rings. The second kappa shape index (κ2) is 10.1. The van der Waals surface area contributed by atoms with Gasteiger partial charge in [-0.15, -0.1) is 5.10 Å². The number of anilines is 2. The van der Waals surface area contributed by atoms with Gasteiger partial charge in [0.25, 0.3) is 0 Å². The molecular weight excluding hydrogens is 426 g/mol. The Bertz CT molecular complexity index is 1230. The number of pyridine rings is 1. The summed E-state index contributed by atoms with van der Waals surface area (Å²) in [6.45, 7) is 8.13. The number of nitrogens with zero attached hydrogens (tertiary/aromatic N) is 4. The molecule has 0 saturated carbocycles. The Morgan fingerprint density at radius 2 is 1.74 bits per heavy atom. The number of likely N-dealkylation sites (tertiary alicyclic amines) is 1. The first-order valence-corrected chi connectivity index (χ1v) is 12.0. The SMILES string of the molecule is CC(C)Oc1cccc(-c2cccc3nc(Nc4ccc(OCCN5CCCC5)cc4)nn23)c1. The van der Waals surface area contributed by atoms with E-state index in [9.17, 15) is 0 Å². The van der Waals surface area contributed by atoms with Crippen molar-refractivity contribution in [1.82, 2.24) is 19.5 Å². The van der Waals surface area contributed by atoms with Crippen molar-refractivity contribution in [3.05, 3.63) is 66.7 Å². The normalized spacial score (nSPS) is 14.1. The zero-order chi connectivity index (χ0) is 23.3. The third-order valence-corrected chi connectivity index (χ3v) is 5.85. The molecule has 0 spiro atoms. The summed E-state index contributed by atoms with van der Waals surface area (Å²) in [5.74, 6) is 2.26. The van der Waals surface area contributed by atoms with E-state index in [-0.39, 0.29) is 6.10 Å². The van der Waals surface area contributed by atoms with E-state index in [1.165, 1.54) is 25.9 Å². The number of benzene rings is 2. The quantitative estimate of drug-likeness (QED) is 0.363. The van der Waals surface area contributed by atoms with Gasteiger partial charge in [-0.3, -0.25) is 4.90 Å². The molecular formula is C27H31N5O2. The van der Waals surface area contributed by atoms with Gasteiger partial charge in [0.05, 0.1) is 11.8 Å². The van der Waals surface area contributed by atoms with Crippen LogP contribution in [0, 0.1) is 0 Å². The summed E-state index contributed by atoms with van der Waals surface area (Å²) < 4.78 is 13.6. The van der Waals surface area contributed by atoms with Gasteiger partial charge in [-0.05, 0) is 88.3 Å². The Morgan fingerprint density at radius 3 is 2.53 bits per heavy atom. The lowest BCUT2D eigenvalue weighted by molar-refractivity contribution is 0.238. The van der Waals surface area contributed by atoms with Gasteiger partial charge in [-0.2, -0.15) is 4.98 Å². The van der Waals surface area contributed by atoms with Crippen LogP contribution in [-0.4, -0.2) is 51.8 Å². The predicted octanol–water partition coefficient (Wildman–Crippen LogP) is 5.40. The minimum Gasteiger partial charge on any atom is -0.492 e. The van der Waals surface area contributed by atoms with Crippen LogP contribution in [0.4, 0.5) is 11.6 Å². The van der Waals surface area contributed by atoms with E-state index in [0.29, 0.717) is 12.6 Å². The van der Waals surface area contributed by atoms with Gasteiger partial charge in [0.1, 0.15) is 18.1 Å². The largest absolute Gasteiger partial charge is 0.492 e. The van der Waals surface area contributed by atoms with Gasteiger partial charge < -0.3 is 14.8 Å². The van der Waals surface area contributed by atoms with E-state index < -0.39 is 0 Å². The Labute approximate surface area is 200 Å². The highest BCUT2D eigenvalue weighted by atomic mass is 16.5. The average molecular weight is 458 g/mol. The number of hydrogen-bond acceptors (Lipinski definition) is 6. The number of fused-ring (bicyclic) bond motifs is 1. The maximum absolute atomic E-state index is 5.90. The van der Waals surface area contributed by atoms with Gasteiger partial charge in [0.15, 0.2) is 5.65 Å². The predicted molar refractivity (Wildman–Crippen MR) is 135 cm³/mol. The molecule has 4 aromatic rings. The van der Waals surface area contributed by atoms with E-state index in [1.54, 1.807) is 0 Å². The first kappa shape index (κ1) is 22.2. The summed E-state index contributed by atoms with van der Waals surface area (Å²) in [6.07, 6.45) is 2.73. The van der Waals surface area contributed by atoms with Gasteiger partial charge >= 0.3 is 0 Å². The molecule has 0 radical (unpaired) electrons. The fourth-order valence-electron chi connectivity index (χ4n) is 4.24. The third kappa shape index (κ3) is 5.31. The van der Waals surface area contributed by atoms with Crippen molar-refractivity contribution >= 4 is 17.3 Å². The standard InChI is InChI=1S/C27H31N5O2/c1-20(2)34-24-8-5-7-21(19-24)25-9-6-10-26-29-27(30-32(25)26)28-22-11-13-23(14-12-22)33-18-17-31-15-3-4-16-31/h5-14,19-20H,3-4,15-18H2,1-2H3,(H,28,30). The van der Waals surface area contributed by atoms with Crippen LogP contribution < -0.4 is 14.8 Å². The molecule has 1 N–H and O–H groups in total. The Morgan fingerprint density at radius 1 is 0.941 bits per heavy atom. The van der Waals surface area contributed by atoms with Gasteiger partial charge in [0.2, 0.25) is 5.95 Å². The number of nitrogens with one attached hydrogen (secondary N) is 1. The minimum atomic E-state index is 0.120. The molecule has 1 aliphatic heterocycles. The van der Waals surface area contributed by atoms with Crippen molar-refractivity contribution < 1.29 is 9.47 Å². The fourth-order valence-corrected chi connectivity index (χ4v) is 4.24. The summed E-state index contributed by atoms with van der Waals surface area (Å²) in [6, 6.07) is 22.0. The minimum absolute atomic E-state index is 0.120. The molecule has 5 rings (SSSR count). The molecule has 2 aromatic heterocycles. The monoisotopic (exact) mass is 457 g/mol. The molecule has 7 heteroatoms. The first-order valence-electron chi connectivity index (χ1n) is 12.0. The van der Waals surface area contributed by atoms with Gasteiger partial charge in [-0.25, -0.2) is 4.52 Å². The molecule has 34 heavy (non-hydrogen) atoms. The van der Waals surface area contributed by atoms with Crippen LogP contribution in [0.25, 0.3) is 16.9 Å². The lowest BCUT2D eigenvalue weighted by Gasteiger charge is -2.15. The summed E-state index contributed by atoms with van der Waals surface area (Å²) in [7, 11) is 0. The highest BCUT2D eigenvalue weighted by Crippen LogP contribution is 2.26. The van der Waals surface area contributed by atoms with Crippen molar-refractivity contribution in [3.8, 4) is 22.8 Å². The number of ether oxygens (including phenoxy) is 2. The summed E-state index contributed by atoms with van der Waals surface area (Å²) in [4.78, 5) is 7.11. The Balaban J connectivity index is 1.28. The summed E-state index contributed by atoms with van der Waals surface area (Å²) in [5, 5.41) is 8.01. The molecule has 176 valence electrons. The zero-order valence-electron chi connectivity index (χ0n) is 19.8. The molecule has 0 unspecified atom stereocenters. The molecule has 0 amide bonds. The third-order valence-electron chi connectivity index (χ3n) is 5.85. The van der Waals surface area contributed by atoms with Gasteiger partial charge in [-0.1, -0.05) is 18.2 Å². The highest BCUT2D eigenvalue weighted by Gasteiger charge is 2.12. The van der Waals surface area contributed by atoms with Crippen LogP contribution in [-0.2, 0) is 0 Å². The smallest absolute Gasteiger partial charge is 0.247 e. The highest BCUT2D eigenvalue weighted by molar-refractivity contribution is 5.66. The molecule has 1 saturated heterocycles. The fraction of sp³-hybridized carbons (Fsp3) is 0.333. The van der Waals surface area contributed by atoms with Crippen LogP contribution >= 0.6 is 0 Å². The van der Waals surface area contributed by atoms with Crippen LogP contribution in [0.2, 0.25) is 0 Å². The first-order chi connectivity index (χ1) is 16.6. The van der Waals surface area contributed by atoms with Crippen molar-refractivity contribution in [2.75, 3.05) is 31.6 Å². The van der Waals surface area contributed by atoms with E-state index in [1.807, 2.05) is 79.0 Å². The van der Waals surface area contributed by atoms with E-state index in [2.05, 4.69) is 21.3 Å². The molecule has 2 aromatic carbocycles. The van der Waals surface area contributed by atoms with Crippen LogP contribution in [0.5, 0.6) is 11.5 Å². The topological polar surface area (TPSA) is 63.9 Å². The summed E-state index contributed by atoms with van der Waals surface area (Å²) in [5.41, 5.74) is 3.67. The van der Waals surface area contributed by atoms with Crippen molar-refractivity contribution in [3.63, 3.8) is 0 Å². The maximum atomic E-state index is 5.90. The number of aromatic nitrogens is 3. The Kier molecular flexibility index (Phi) is 6.62. The molecule has 0 bridgehead atoms. The number of hydrogen-bond donors (Lipinski definition) is 1. The van der Waals surface area contributed by atoms with Crippen LogP contribution in [0.15, 0.2) is 66.7 Å². The molecule has 7 nitrogen and oxygen atoms in total. The molecule has 0 aliphatic carbocycles. The van der Waals surface area contributed by atoms with Gasteiger partial charge in [0, 0.05) is 17.8 Å².